The molecule has 0 fully saturated rings. The Hall–Kier alpha value is -2.13. The van der Waals surface area contributed by atoms with E-state index in [0.717, 1.165) is 24.0 Å². The fraction of sp³-hybridized carbons (Fsp3) is 0.278. The van der Waals surface area contributed by atoms with Crippen LogP contribution < -0.4 is 11.1 Å². The molecule has 0 aliphatic heterocycles. The monoisotopic (exact) mass is 280 g/mol. The van der Waals surface area contributed by atoms with Crippen molar-refractivity contribution in [1.29, 1.82) is 0 Å². The second-order valence-electron chi connectivity index (χ2n) is 5.51. The molecule has 108 valence electrons. The highest BCUT2D eigenvalue weighted by Crippen LogP contribution is 2.34. The molecule has 2 aromatic carbocycles. The van der Waals surface area contributed by atoms with Crippen molar-refractivity contribution in [1.82, 2.24) is 5.32 Å². The van der Waals surface area contributed by atoms with Crippen molar-refractivity contribution >= 4 is 5.91 Å². The van der Waals surface area contributed by atoms with Crippen LogP contribution in [0.4, 0.5) is 0 Å². The maximum atomic E-state index is 12.3. The predicted molar refractivity (Wildman–Crippen MR) is 84.4 cm³/mol. The number of hydrogen-bond acceptors (Lipinski definition) is 2. The Bertz CT molecular complexity index is 651. The minimum absolute atomic E-state index is 0.00318. The van der Waals surface area contributed by atoms with E-state index in [4.69, 9.17) is 5.73 Å². The summed E-state index contributed by atoms with van der Waals surface area (Å²) in [7, 11) is 0. The van der Waals surface area contributed by atoms with Crippen LogP contribution in [0.25, 0.3) is 0 Å². The van der Waals surface area contributed by atoms with E-state index in [1.54, 1.807) is 0 Å². The van der Waals surface area contributed by atoms with Gasteiger partial charge in [-0.15, -0.1) is 0 Å². The molecule has 21 heavy (non-hydrogen) atoms. The van der Waals surface area contributed by atoms with Crippen molar-refractivity contribution in [2.75, 3.05) is 13.1 Å². The van der Waals surface area contributed by atoms with E-state index in [0.29, 0.717) is 19.0 Å². The van der Waals surface area contributed by atoms with Crippen molar-refractivity contribution in [3.05, 3.63) is 70.8 Å². The molecule has 0 heterocycles. The summed E-state index contributed by atoms with van der Waals surface area (Å²) in [5.41, 5.74) is 10.1. The Morgan fingerprint density at radius 2 is 1.90 bits per heavy atom. The third kappa shape index (κ3) is 2.83. The van der Waals surface area contributed by atoms with Crippen LogP contribution in [0.5, 0.6) is 0 Å². The largest absolute Gasteiger partial charge is 0.351 e. The molecule has 2 aromatic rings. The third-order valence-corrected chi connectivity index (χ3v) is 4.15. The summed E-state index contributed by atoms with van der Waals surface area (Å²) < 4.78 is 0. The second kappa shape index (κ2) is 6.10. The van der Waals surface area contributed by atoms with Gasteiger partial charge in [-0.2, -0.15) is 0 Å². The topological polar surface area (TPSA) is 55.1 Å². The van der Waals surface area contributed by atoms with E-state index < -0.39 is 0 Å². The molecule has 0 aromatic heterocycles. The van der Waals surface area contributed by atoms with E-state index in [1.165, 1.54) is 11.1 Å². The first-order valence-corrected chi connectivity index (χ1v) is 7.43. The van der Waals surface area contributed by atoms with E-state index >= 15 is 0 Å². The van der Waals surface area contributed by atoms with Gasteiger partial charge in [0.15, 0.2) is 0 Å². The van der Waals surface area contributed by atoms with Crippen LogP contribution in [-0.4, -0.2) is 19.0 Å². The molecule has 0 spiro atoms. The lowest BCUT2D eigenvalue weighted by atomic mass is 9.77. The predicted octanol–water partition coefficient (Wildman–Crippen LogP) is 2.26. The molecule has 3 N–H and O–H groups in total. The fourth-order valence-corrected chi connectivity index (χ4v) is 2.97. The summed E-state index contributed by atoms with van der Waals surface area (Å²) in [6, 6.07) is 16.1. The first-order chi connectivity index (χ1) is 10.3. The van der Waals surface area contributed by atoms with Crippen molar-refractivity contribution < 1.29 is 4.79 Å². The summed E-state index contributed by atoms with van der Waals surface area (Å²) in [5.74, 6) is 0.454. The van der Waals surface area contributed by atoms with Crippen molar-refractivity contribution in [3.8, 4) is 0 Å². The van der Waals surface area contributed by atoms with Crippen molar-refractivity contribution in [2.45, 2.75) is 18.8 Å². The van der Waals surface area contributed by atoms with Gasteiger partial charge < -0.3 is 11.1 Å². The van der Waals surface area contributed by atoms with Crippen LogP contribution in [0.15, 0.2) is 48.5 Å². The van der Waals surface area contributed by atoms with E-state index in [9.17, 15) is 4.79 Å². The summed E-state index contributed by atoms with van der Waals surface area (Å²) in [6.07, 6.45) is 1.79. The van der Waals surface area contributed by atoms with E-state index in [1.807, 2.05) is 24.3 Å². The fourth-order valence-electron chi connectivity index (χ4n) is 2.97. The molecule has 1 unspecified atom stereocenters. The SMILES string of the molecule is NCCc1ccccc1C(=O)NCC1Cc2ccccc21. The van der Waals surface area contributed by atoms with Gasteiger partial charge in [-0.05, 0) is 42.1 Å². The van der Waals surface area contributed by atoms with Gasteiger partial charge in [0.05, 0.1) is 0 Å². The van der Waals surface area contributed by atoms with Gasteiger partial charge in [0.1, 0.15) is 0 Å². The maximum absolute atomic E-state index is 12.3. The molecule has 0 radical (unpaired) electrons. The second-order valence-corrected chi connectivity index (χ2v) is 5.51. The highest BCUT2D eigenvalue weighted by molar-refractivity contribution is 5.95. The Morgan fingerprint density at radius 1 is 1.14 bits per heavy atom. The average Bonchev–Trinajstić information content (AvgIpc) is 2.49. The van der Waals surface area contributed by atoms with Gasteiger partial charge in [-0.25, -0.2) is 0 Å². The number of hydrogen-bond donors (Lipinski definition) is 2. The van der Waals surface area contributed by atoms with Gasteiger partial charge in [0.25, 0.3) is 5.91 Å². The van der Waals surface area contributed by atoms with Crippen LogP contribution in [0.3, 0.4) is 0 Å². The molecule has 3 nitrogen and oxygen atoms in total. The zero-order chi connectivity index (χ0) is 14.7. The number of nitrogens with two attached hydrogens (primary N) is 1. The molecule has 0 saturated heterocycles. The van der Waals surface area contributed by atoms with Gasteiger partial charge in [-0.3, -0.25) is 4.79 Å². The Kier molecular flexibility index (Phi) is 4.02. The van der Waals surface area contributed by atoms with Gasteiger partial charge in [0, 0.05) is 18.0 Å². The lowest BCUT2D eigenvalue weighted by Gasteiger charge is -2.30. The van der Waals surface area contributed by atoms with Crippen LogP contribution in [0, 0.1) is 0 Å². The van der Waals surface area contributed by atoms with E-state index in [2.05, 4.69) is 29.6 Å². The quantitative estimate of drug-likeness (QED) is 0.882. The number of carbonyl (C=O) groups is 1. The molecule has 0 bridgehead atoms. The molecule has 1 atom stereocenters. The van der Waals surface area contributed by atoms with Gasteiger partial charge in [0.2, 0.25) is 0 Å². The summed E-state index contributed by atoms with van der Waals surface area (Å²) in [6.45, 7) is 1.26. The molecule has 1 aliphatic carbocycles. The average molecular weight is 280 g/mol. The highest BCUT2D eigenvalue weighted by Gasteiger charge is 2.25. The maximum Gasteiger partial charge on any atom is 0.251 e. The summed E-state index contributed by atoms with van der Waals surface area (Å²) in [5, 5.41) is 3.06. The van der Waals surface area contributed by atoms with Crippen LogP contribution >= 0.6 is 0 Å². The lowest BCUT2D eigenvalue weighted by molar-refractivity contribution is 0.0949. The molecular formula is C18H20N2O. The zero-order valence-electron chi connectivity index (χ0n) is 12.0. The van der Waals surface area contributed by atoms with Gasteiger partial charge in [-0.1, -0.05) is 42.5 Å². The van der Waals surface area contributed by atoms with Crippen LogP contribution in [-0.2, 0) is 12.8 Å². The normalized spacial score (nSPS) is 16.0. The smallest absolute Gasteiger partial charge is 0.251 e. The van der Waals surface area contributed by atoms with Crippen molar-refractivity contribution in [2.24, 2.45) is 5.73 Å². The zero-order valence-corrected chi connectivity index (χ0v) is 12.0. The lowest BCUT2D eigenvalue weighted by Crippen LogP contribution is -2.33. The Labute approximate surface area is 125 Å². The number of benzene rings is 2. The van der Waals surface area contributed by atoms with Crippen LogP contribution in [0.1, 0.15) is 33.0 Å². The minimum Gasteiger partial charge on any atom is -0.351 e. The molecule has 1 aliphatic rings. The number of rotatable bonds is 5. The van der Waals surface area contributed by atoms with E-state index in [-0.39, 0.29) is 5.91 Å². The Morgan fingerprint density at radius 3 is 2.71 bits per heavy atom. The molecule has 1 amide bonds. The molecule has 3 heteroatoms. The molecular weight excluding hydrogens is 260 g/mol. The molecule has 3 rings (SSSR count). The summed E-state index contributed by atoms with van der Waals surface area (Å²) in [4.78, 5) is 12.3. The number of nitrogens with one attached hydrogen (secondary N) is 1. The first-order valence-electron chi connectivity index (χ1n) is 7.43. The summed E-state index contributed by atoms with van der Waals surface area (Å²) >= 11 is 0. The minimum atomic E-state index is 0.00318. The standard InChI is InChI=1S/C18H20N2O/c19-10-9-13-5-1-4-8-17(13)18(21)20-12-15-11-14-6-2-3-7-16(14)15/h1-8,15H,9-12,19H2,(H,20,21). The van der Waals surface area contributed by atoms with Crippen molar-refractivity contribution in [3.63, 3.8) is 0 Å². The molecule has 0 saturated carbocycles. The highest BCUT2D eigenvalue weighted by atomic mass is 16.1. The first kappa shape index (κ1) is 13.8. The van der Waals surface area contributed by atoms with Crippen LogP contribution in [0.2, 0.25) is 0 Å². The third-order valence-electron chi connectivity index (χ3n) is 4.15. The number of fused-ring (bicyclic) bond motifs is 1. The Balaban J connectivity index is 1.63. The number of carbonyl (C=O) groups excluding carboxylic acids is 1. The number of amides is 1. The van der Waals surface area contributed by atoms with Gasteiger partial charge >= 0.3 is 0 Å².